The SMILES string of the molecule is Cc1cccc2c1N(C(=O)OCc1ccccc1)CCN2c1cc2cnc(Nc3ccc(N4CCN(C)CC4)cc3)nc2n([C@H]2CCN(C(=O)OCc3ccccc3)C2)c1=O. The van der Waals surface area contributed by atoms with Crippen LogP contribution in [0.5, 0.6) is 0 Å². The number of carbonyl (C=O) groups excluding carboxylic acids is 2. The van der Waals surface area contributed by atoms with E-state index in [1.54, 1.807) is 20.6 Å². The van der Waals surface area contributed by atoms with Gasteiger partial charge in [0.2, 0.25) is 5.95 Å². The monoisotopic (exact) mass is 819 g/mol. The van der Waals surface area contributed by atoms with Gasteiger partial charge in [-0.3, -0.25) is 14.3 Å². The van der Waals surface area contributed by atoms with Crippen LogP contribution in [-0.4, -0.2) is 95.9 Å². The first-order valence-corrected chi connectivity index (χ1v) is 20.8. The van der Waals surface area contributed by atoms with Crippen LogP contribution in [0.25, 0.3) is 11.0 Å². The molecular weight excluding hydrogens is 771 g/mol. The molecule has 2 saturated heterocycles. The van der Waals surface area contributed by atoms with Gasteiger partial charge in [0.1, 0.15) is 24.5 Å². The number of nitrogens with one attached hydrogen (secondary N) is 1. The van der Waals surface area contributed by atoms with Gasteiger partial charge in [0.25, 0.3) is 5.56 Å². The van der Waals surface area contributed by atoms with Crippen molar-refractivity contribution in [1.29, 1.82) is 0 Å². The van der Waals surface area contributed by atoms with Gasteiger partial charge in [-0.15, -0.1) is 0 Å². The zero-order chi connectivity index (χ0) is 41.9. The first kappa shape index (κ1) is 39.5. The molecule has 1 N–H and O–H groups in total. The van der Waals surface area contributed by atoms with E-state index < -0.39 is 18.2 Å². The lowest BCUT2D eigenvalue weighted by Crippen LogP contribution is -2.45. The molecule has 0 unspecified atom stereocenters. The summed E-state index contributed by atoms with van der Waals surface area (Å²) in [6, 6.07) is 34.6. The van der Waals surface area contributed by atoms with Crippen molar-refractivity contribution in [2.45, 2.75) is 32.6 Å². The molecule has 14 nitrogen and oxygen atoms in total. The number of carbonyl (C=O) groups is 2. The number of fused-ring (bicyclic) bond motifs is 2. The van der Waals surface area contributed by atoms with Crippen LogP contribution in [0.2, 0.25) is 0 Å². The minimum atomic E-state index is -0.456. The number of anilines is 6. The fourth-order valence-corrected chi connectivity index (χ4v) is 8.45. The highest BCUT2D eigenvalue weighted by atomic mass is 16.6. The highest BCUT2D eigenvalue weighted by Gasteiger charge is 2.35. The fourth-order valence-electron chi connectivity index (χ4n) is 8.45. The molecule has 0 aliphatic carbocycles. The molecule has 9 rings (SSSR count). The quantitative estimate of drug-likeness (QED) is 0.156. The van der Waals surface area contributed by atoms with Crippen molar-refractivity contribution in [3.63, 3.8) is 0 Å². The van der Waals surface area contributed by atoms with Crippen LogP contribution >= 0.6 is 0 Å². The molecule has 2 aromatic heterocycles. The van der Waals surface area contributed by atoms with Gasteiger partial charge < -0.3 is 34.4 Å². The maximum Gasteiger partial charge on any atom is 0.414 e. The van der Waals surface area contributed by atoms with Crippen molar-refractivity contribution in [3.05, 3.63) is 142 Å². The summed E-state index contributed by atoms with van der Waals surface area (Å²) < 4.78 is 13.2. The second-order valence-corrected chi connectivity index (χ2v) is 15.9. The van der Waals surface area contributed by atoms with E-state index in [2.05, 4.69) is 34.3 Å². The van der Waals surface area contributed by atoms with Crippen LogP contribution in [0, 0.1) is 6.92 Å². The maximum atomic E-state index is 15.1. The lowest BCUT2D eigenvalue weighted by molar-refractivity contribution is 0.103. The number of aromatic nitrogens is 3. The van der Waals surface area contributed by atoms with Crippen LogP contribution < -0.4 is 25.6 Å². The van der Waals surface area contributed by atoms with Crippen LogP contribution in [-0.2, 0) is 22.7 Å². The van der Waals surface area contributed by atoms with Gasteiger partial charge >= 0.3 is 12.2 Å². The Kier molecular flexibility index (Phi) is 11.2. The van der Waals surface area contributed by atoms with Gasteiger partial charge in [-0.25, -0.2) is 14.6 Å². The lowest BCUT2D eigenvalue weighted by atomic mass is 10.1. The zero-order valence-corrected chi connectivity index (χ0v) is 34.4. The first-order chi connectivity index (χ1) is 29.8. The summed E-state index contributed by atoms with van der Waals surface area (Å²) >= 11 is 0. The zero-order valence-electron chi connectivity index (χ0n) is 34.4. The molecule has 0 spiro atoms. The summed E-state index contributed by atoms with van der Waals surface area (Å²) in [4.78, 5) is 61.8. The second-order valence-electron chi connectivity index (χ2n) is 15.9. The number of para-hydroxylation sites is 1. The molecule has 0 saturated carbocycles. The molecule has 1 atom stereocenters. The fraction of sp³-hybridized carbons (Fsp3) is 0.298. The third kappa shape index (κ3) is 8.44. The summed E-state index contributed by atoms with van der Waals surface area (Å²) in [5.41, 5.74) is 6.66. The van der Waals surface area contributed by atoms with E-state index >= 15 is 4.79 Å². The van der Waals surface area contributed by atoms with E-state index in [-0.39, 0.29) is 25.3 Å². The number of likely N-dealkylation sites (tertiary alicyclic amines) is 1. The normalized spacial score (nSPS) is 16.7. The summed E-state index contributed by atoms with van der Waals surface area (Å²) in [5.74, 6) is 0.349. The molecule has 4 aromatic carbocycles. The average molecular weight is 820 g/mol. The largest absolute Gasteiger partial charge is 0.445 e. The number of piperazine rings is 1. The average Bonchev–Trinajstić information content (AvgIpc) is 3.78. The van der Waals surface area contributed by atoms with Gasteiger partial charge in [0.05, 0.1) is 17.4 Å². The molecule has 2 fully saturated rings. The predicted molar refractivity (Wildman–Crippen MR) is 237 cm³/mol. The Hall–Kier alpha value is -6.93. The summed E-state index contributed by atoms with van der Waals surface area (Å²) in [5, 5.41) is 4.02. The molecule has 6 aromatic rings. The number of aryl methyl sites for hydroxylation is 1. The highest BCUT2D eigenvalue weighted by molar-refractivity contribution is 5.97. The van der Waals surface area contributed by atoms with Crippen molar-refractivity contribution >= 4 is 57.6 Å². The Labute approximate surface area is 354 Å². The molecule has 3 aliphatic heterocycles. The minimum Gasteiger partial charge on any atom is -0.445 e. The smallest absolute Gasteiger partial charge is 0.414 e. The number of nitrogens with zero attached hydrogens (tertiary/aromatic N) is 8. The number of ether oxygens (including phenoxy) is 2. The van der Waals surface area contributed by atoms with Crippen molar-refractivity contribution in [2.24, 2.45) is 0 Å². The Morgan fingerprint density at radius 2 is 1.44 bits per heavy atom. The molecule has 2 amide bonds. The molecule has 5 heterocycles. The minimum absolute atomic E-state index is 0.146. The molecular formula is C47H49N9O5. The molecule has 14 heteroatoms. The van der Waals surface area contributed by atoms with Crippen LogP contribution in [0.4, 0.5) is 44.0 Å². The van der Waals surface area contributed by atoms with E-state index in [0.717, 1.165) is 54.2 Å². The second kappa shape index (κ2) is 17.3. The predicted octanol–water partition coefficient (Wildman–Crippen LogP) is 7.47. The Morgan fingerprint density at radius 3 is 2.15 bits per heavy atom. The highest BCUT2D eigenvalue weighted by Crippen LogP contribution is 2.40. The standard InChI is InChI=1S/C47H49N9O5/c1-33-10-9-15-40-42(33)55(47(59)61-32-35-13-7-4-8-14-35)27-26-54(40)41-28-36-29-48-45(49-37-16-18-38(19-17-37)52-24-22-51(2)23-25-52)50-43(36)56(44(41)57)39-20-21-53(30-39)46(58)60-31-34-11-5-3-6-12-34/h3-19,28-29,39H,20-27,30-32H2,1-2H3,(H,48,49,50)/t39-/m0/s1. The number of hydrogen-bond donors (Lipinski definition) is 1. The van der Waals surface area contributed by atoms with Gasteiger partial charge in [0, 0.05) is 75.3 Å². The number of likely N-dealkylation sites (N-methyl/N-ethyl adjacent to an activating group) is 1. The topological polar surface area (TPSA) is 129 Å². The summed E-state index contributed by atoms with van der Waals surface area (Å²) in [6.07, 6.45) is 1.37. The van der Waals surface area contributed by atoms with Gasteiger partial charge in [-0.1, -0.05) is 72.8 Å². The molecule has 312 valence electrons. The van der Waals surface area contributed by atoms with E-state index in [4.69, 9.17) is 19.4 Å². The third-order valence-electron chi connectivity index (χ3n) is 11.8. The van der Waals surface area contributed by atoms with Crippen LogP contribution in [0.15, 0.2) is 120 Å². The Bertz CT molecular complexity index is 2580. The molecule has 0 radical (unpaired) electrons. The van der Waals surface area contributed by atoms with Crippen LogP contribution in [0.1, 0.15) is 29.2 Å². The number of pyridine rings is 1. The molecule has 0 bridgehead atoms. The number of benzene rings is 4. The van der Waals surface area contributed by atoms with E-state index in [1.165, 1.54) is 0 Å². The van der Waals surface area contributed by atoms with Crippen molar-refractivity contribution in [2.75, 3.05) is 79.4 Å². The summed E-state index contributed by atoms with van der Waals surface area (Å²) in [6.45, 7) is 7.56. The molecule has 3 aliphatic rings. The Morgan fingerprint density at radius 1 is 0.754 bits per heavy atom. The van der Waals surface area contributed by atoms with Crippen molar-refractivity contribution < 1.29 is 19.1 Å². The van der Waals surface area contributed by atoms with Crippen LogP contribution in [0.3, 0.4) is 0 Å². The van der Waals surface area contributed by atoms with Gasteiger partial charge in [-0.2, -0.15) is 4.98 Å². The van der Waals surface area contributed by atoms with Crippen molar-refractivity contribution in [1.82, 2.24) is 24.3 Å². The number of hydrogen-bond acceptors (Lipinski definition) is 11. The first-order valence-electron chi connectivity index (χ1n) is 20.8. The van der Waals surface area contributed by atoms with Gasteiger partial charge in [0.15, 0.2) is 0 Å². The molecule has 61 heavy (non-hydrogen) atoms. The number of amides is 2. The van der Waals surface area contributed by atoms with E-state index in [0.29, 0.717) is 60.1 Å². The maximum absolute atomic E-state index is 15.1. The third-order valence-corrected chi connectivity index (χ3v) is 11.8. The summed E-state index contributed by atoms with van der Waals surface area (Å²) in [7, 11) is 2.15. The van der Waals surface area contributed by atoms with Gasteiger partial charge in [-0.05, 0) is 73.5 Å². The van der Waals surface area contributed by atoms with E-state index in [9.17, 15) is 9.59 Å². The lowest BCUT2D eigenvalue weighted by Gasteiger charge is -2.38. The number of rotatable bonds is 9. The van der Waals surface area contributed by atoms with Crippen molar-refractivity contribution in [3.8, 4) is 0 Å². The Balaban J connectivity index is 1.03. The van der Waals surface area contributed by atoms with E-state index in [1.807, 2.05) is 109 Å².